The van der Waals surface area contributed by atoms with Crippen molar-refractivity contribution in [3.8, 4) is 11.5 Å². The van der Waals surface area contributed by atoms with Crippen molar-refractivity contribution in [1.82, 2.24) is 15.0 Å². The van der Waals surface area contributed by atoms with Gasteiger partial charge < -0.3 is 35.3 Å². The highest BCUT2D eigenvalue weighted by Gasteiger charge is 2.40. The van der Waals surface area contributed by atoms with E-state index in [-0.39, 0.29) is 0 Å². The average Bonchev–Trinajstić information content (AvgIpc) is 3.32. The fourth-order valence-corrected chi connectivity index (χ4v) is 4.31. The Labute approximate surface area is 204 Å². The summed E-state index contributed by atoms with van der Waals surface area (Å²) in [6.45, 7) is 2.41. The maximum atomic E-state index is 5.90. The Hall–Kier alpha value is -3.47. The Morgan fingerprint density at radius 2 is 1.94 bits per heavy atom. The number of ether oxygens (including phenoxy) is 4. The maximum Gasteiger partial charge on any atom is 0.229 e. The number of nitrogens with zero attached hydrogens (tertiary/aromatic N) is 3. The van der Waals surface area contributed by atoms with E-state index in [0.717, 1.165) is 41.9 Å². The number of methoxy groups -OCH3 is 1. The van der Waals surface area contributed by atoms with Crippen molar-refractivity contribution in [2.24, 2.45) is 5.73 Å². The molecule has 1 aliphatic heterocycles. The normalized spacial score (nSPS) is 16.1. The van der Waals surface area contributed by atoms with Gasteiger partial charge in [0.15, 0.2) is 17.3 Å². The van der Waals surface area contributed by atoms with Crippen molar-refractivity contribution in [2.45, 2.75) is 31.5 Å². The number of nitrogens with two attached hydrogens (primary N) is 1. The Kier molecular flexibility index (Phi) is 6.94. The number of benzene rings is 1. The number of aromatic nitrogens is 3. The summed E-state index contributed by atoms with van der Waals surface area (Å²) in [6, 6.07) is 9.49. The van der Waals surface area contributed by atoms with E-state index in [4.69, 9.17) is 24.7 Å². The van der Waals surface area contributed by atoms with Crippen molar-refractivity contribution >= 4 is 23.1 Å². The quantitative estimate of drug-likeness (QED) is 0.394. The molecule has 0 atom stereocenters. The topological polar surface area (TPSA) is 126 Å². The van der Waals surface area contributed by atoms with E-state index in [1.165, 1.54) is 0 Å². The molecule has 0 unspecified atom stereocenters. The molecule has 5 rings (SSSR count). The van der Waals surface area contributed by atoms with Crippen LogP contribution in [-0.2, 0) is 22.3 Å². The Morgan fingerprint density at radius 3 is 2.77 bits per heavy atom. The number of rotatable bonds is 9. The molecule has 2 aliphatic rings. The zero-order chi connectivity index (χ0) is 24.1. The predicted molar refractivity (Wildman–Crippen MR) is 132 cm³/mol. The second kappa shape index (κ2) is 10.4. The molecule has 35 heavy (non-hydrogen) atoms. The van der Waals surface area contributed by atoms with E-state index in [0.29, 0.717) is 56.1 Å². The second-order valence-corrected chi connectivity index (χ2v) is 8.49. The lowest BCUT2D eigenvalue weighted by Crippen LogP contribution is -2.37. The maximum absolute atomic E-state index is 5.90. The molecule has 0 saturated carbocycles. The minimum absolute atomic E-state index is 0.450. The number of anilines is 4. The summed E-state index contributed by atoms with van der Waals surface area (Å²) >= 11 is 0. The summed E-state index contributed by atoms with van der Waals surface area (Å²) in [5.41, 5.74) is 9.39. The van der Waals surface area contributed by atoms with E-state index in [2.05, 4.69) is 31.7 Å². The molecule has 0 radical (unpaired) electrons. The van der Waals surface area contributed by atoms with Gasteiger partial charge in [-0.1, -0.05) is 0 Å². The second-order valence-electron chi connectivity index (χ2n) is 8.49. The number of hydrogen-bond acceptors (Lipinski definition) is 10. The highest BCUT2D eigenvalue weighted by molar-refractivity contribution is 5.62. The molecule has 3 heterocycles. The van der Waals surface area contributed by atoms with E-state index in [9.17, 15) is 0 Å². The summed E-state index contributed by atoms with van der Waals surface area (Å²) in [7, 11) is 1.61. The van der Waals surface area contributed by atoms with Gasteiger partial charge in [0.1, 0.15) is 5.82 Å². The molecule has 0 amide bonds. The fraction of sp³-hybridized carbons (Fsp3) is 0.400. The first kappa shape index (κ1) is 23.3. The van der Waals surface area contributed by atoms with Crippen molar-refractivity contribution < 1.29 is 18.9 Å². The van der Waals surface area contributed by atoms with E-state index in [1.54, 1.807) is 13.3 Å². The summed E-state index contributed by atoms with van der Waals surface area (Å²) in [6.07, 6.45) is 6.69. The minimum atomic E-state index is -0.495. The molecular formula is C25H30N6O4. The zero-order valence-corrected chi connectivity index (χ0v) is 19.8. The smallest absolute Gasteiger partial charge is 0.229 e. The lowest BCUT2D eigenvalue weighted by atomic mass is 9.90. The van der Waals surface area contributed by atoms with Crippen LogP contribution in [0, 0.1) is 0 Å². The molecule has 4 N–H and O–H groups in total. The third-order valence-electron chi connectivity index (χ3n) is 6.03. The highest BCUT2D eigenvalue weighted by Crippen LogP contribution is 2.36. The number of nitrogens with one attached hydrogen (secondary N) is 2. The van der Waals surface area contributed by atoms with Crippen LogP contribution in [-0.4, -0.2) is 54.2 Å². The largest absolute Gasteiger partial charge is 0.493 e. The van der Waals surface area contributed by atoms with E-state index in [1.807, 2.05) is 30.5 Å². The first-order chi connectivity index (χ1) is 17.2. The first-order valence-electron chi connectivity index (χ1n) is 11.8. The molecule has 1 saturated heterocycles. The molecule has 1 fully saturated rings. The van der Waals surface area contributed by atoms with Crippen LogP contribution in [0.5, 0.6) is 11.5 Å². The molecule has 2 aromatic heterocycles. The van der Waals surface area contributed by atoms with Gasteiger partial charge in [-0.05, 0) is 49.2 Å². The van der Waals surface area contributed by atoms with Gasteiger partial charge in [-0.25, -0.2) is 4.98 Å². The van der Waals surface area contributed by atoms with Gasteiger partial charge in [0.2, 0.25) is 5.95 Å². The van der Waals surface area contributed by atoms with Gasteiger partial charge >= 0.3 is 0 Å². The molecule has 10 heteroatoms. The molecule has 1 aromatic carbocycles. The summed E-state index contributed by atoms with van der Waals surface area (Å²) in [5.74, 6) is 1.89. The third-order valence-corrected chi connectivity index (χ3v) is 6.03. The van der Waals surface area contributed by atoms with Crippen LogP contribution >= 0.6 is 0 Å². The summed E-state index contributed by atoms with van der Waals surface area (Å²) < 4.78 is 23.0. The van der Waals surface area contributed by atoms with Gasteiger partial charge in [-0.3, -0.25) is 4.98 Å². The summed E-state index contributed by atoms with van der Waals surface area (Å²) in [4.78, 5) is 13.6. The van der Waals surface area contributed by atoms with Crippen LogP contribution in [0.2, 0.25) is 0 Å². The first-order valence-corrected chi connectivity index (χ1v) is 11.8. The minimum Gasteiger partial charge on any atom is -0.493 e. The molecule has 1 aliphatic carbocycles. The molecule has 1 spiro atoms. The van der Waals surface area contributed by atoms with Crippen LogP contribution in [0.3, 0.4) is 0 Å². The van der Waals surface area contributed by atoms with Gasteiger partial charge in [-0.2, -0.15) is 4.98 Å². The van der Waals surface area contributed by atoms with Gasteiger partial charge in [0, 0.05) is 36.5 Å². The Morgan fingerprint density at radius 1 is 1.06 bits per heavy atom. The number of hydrogen-bond donors (Lipinski definition) is 3. The summed E-state index contributed by atoms with van der Waals surface area (Å²) in [5, 5.41) is 6.55. The monoisotopic (exact) mass is 478 g/mol. The third kappa shape index (κ3) is 5.45. The van der Waals surface area contributed by atoms with Gasteiger partial charge in [0.05, 0.1) is 38.8 Å². The zero-order valence-electron chi connectivity index (χ0n) is 19.8. The van der Waals surface area contributed by atoms with Crippen molar-refractivity contribution in [3.63, 3.8) is 0 Å². The van der Waals surface area contributed by atoms with E-state index < -0.39 is 5.79 Å². The number of aryl methyl sites for hydroxylation is 1. The highest BCUT2D eigenvalue weighted by atomic mass is 16.7. The average molecular weight is 479 g/mol. The Balaban J connectivity index is 1.27. The van der Waals surface area contributed by atoms with Crippen molar-refractivity contribution in [1.29, 1.82) is 0 Å². The number of pyridine rings is 1. The van der Waals surface area contributed by atoms with Crippen LogP contribution in [0.25, 0.3) is 0 Å². The van der Waals surface area contributed by atoms with Gasteiger partial charge in [-0.15, -0.1) is 0 Å². The van der Waals surface area contributed by atoms with Crippen LogP contribution < -0.4 is 25.8 Å². The standard InChI is InChI=1S/C25H30N6O4/c1-32-22-14-18(3-4-21(22)33-10-2-8-26)30-24-27-9-6-23(31-24)29-19-13-17-15-25(34-11-12-35-25)7-5-20(17)28-16-19/h3-4,6,9,13-14,16H,2,5,7-8,10-12,15,26H2,1H3,(H2,27,29,30,31). The van der Waals surface area contributed by atoms with Crippen molar-refractivity contribution in [2.75, 3.05) is 44.1 Å². The van der Waals surface area contributed by atoms with Crippen LogP contribution in [0.1, 0.15) is 24.1 Å². The SMILES string of the molecule is COc1cc(Nc2nccc(Nc3cnc4c(c3)CC3(CC4)OCCO3)n2)ccc1OCCCN. The van der Waals surface area contributed by atoms with Crippen LogP contribution in [0.4, 0.5) is 23.1 Å². The number of fused-ring (bicyclic) bond motifs is 1. The van der Waals surface area contributed by atoms with E-state index >= 15 is 0 Å². The lowest BCUT2D eigenvalue weighted by molar-refractivity contribution is -0.164. The Bertz CT molecular complexity index is 1170. The molecular weight excluding hydrogens is 448 g/mol. The molecule has 0 bridgehead atoms. The van der Waals surface area contributed by atoms with Crippen LogP contribution in [0.15, 0.2) is 42.7 Å². The molecule has 184 valence electrons. The molecule has 3 aromatic rings. The van der Waals surface area contributed by atoms with Crippen molar-refractivity contribution in [3.05, 3.63) is 54.0 Å². The lowest BCUT2D eigenvalue weighted by Gasteiger charge is -2.32. The fourth-order valence-electron chi connectivity index (χ4n) is 4.31. The molecule has 10 nitrogen and oxygen atoms in total. The van der Waals surface area contributed by atoms with Gasteiger partial charge in [0.25, 0.3) is 0 Å². The predicted octanol–water partition coefficient (Wildman–Crippen LogP) is 3.33.